The van der Waals surface area contributed by atoms with Crippen molar-refractivity contribution in [1.29, 1.82) is 0 Å². The molecule has 1 aliphatic rings. The van der Waals surface area contributed by atoms with Gasteiger partial charge in [-0.15, -0.1) is 0 Å². The fraction of sp³-hybridized carbons (Fsp3) is 0.750. The summed E-state index contributed by atoms with van der Waals surface area (Å²) in [5.41, 5.74) is 8.22. The van der Waals surface area contributed by atoms with Crippen LogP contribution in [0.1, 0.15) is 30.5 Å². The number of nitrogens with two attached hydrogens (primary N) is 1. The largest absolute Gasteiger partial charge is 0.377 e. The Morgan fingerprint density at radius 2 is 2.35 bits per heavy atom. The van der Waals surface area contributed by atoms with E-state index in [4.69, 9.17) is 22.1 Å². The van der Waals surface area contributed by atoms with Crippen molar-refractivity contribution >= 4 is 11.6 Å². The molecule has 0 bridgehead atoms. The minimum atomic E-state index is 0.00991. The number of rotatable bonds is 3. The molecule has 17 heavy (non-hydrogen) atoms. The van der Waals surface area contributed by atoms with Gasteiger partial charge in [-0.1, -0.05) is 11.6 Å². The van der Waals surface area contributed by atoms with Gasteiger partial charge in [-0.2, -0.15) is 5.10 Å². The Bertz CT molecular complexity index is 385. The summed E-state index contributed by atoms with van der Waals surface area (Å²) in [6.07, 6.45) is 4.31. The lowest BCUT2D eigenvalue weighted by atomic mass is 9.97. The number of aromatic nitrogens is 2. The van der Waals surface area contributed by atoms with E-state index in [1.165, 1.54) is 6.42 Å². The van der Waals surface area contributed by atoms with Crippen LogP contribution in [0, 0.1) is 6.92 Å². The first-order chi connectivity index (χ1) is 8.09. The Balaban J connectivity index is 2.04. The van der Waals surface area contributed by atoms with Gasteiger partial charge in [0, 0.05) is 25.3 Å². The number of hydrogen-bond donors (Lipinski definition) is 1. The van der Waals surface area contributed by atoms with Crippen molar-refractivity contribution in [3.05, 3.63) is 16.4 Å². The Morgan fingerprint density at radius 3 is 2.88 bits per heavy atom. The van der Waals surface area contributed by atoms with E-state index in [1.807, 2.05) is 14.0 Å². The molecular formula is C12H20ClN3O. The van der Waals surface area contributed by atoms with Crippen LogP contribution in [-0.4, -0.2) is 28.5 Å². The molecule has 0 aliphatic carbocycles. The monoisotopic (exact) mass is 257 g/mol. The van der Waals surface area contributed by atoms with Gasteiger partial charge in [-0.05, 0) is 32.6 Å². The van der Waals surface area contributed by atoms with Crippen molar-refractivity contribution in [2.75, 3.05) is 6.61 Å². The maximum Gasteiger partial charge on any atom is 0.130 e. The van der Waals surface area contributed by atoms with Gasteiger partial charge in [0.25, 0.3) is 0 Å². The molecule has 4 nitrogen and oxygen atoms in total. The van der Waals surface area contributed by atoms with Crippen molar-refractivity contribution in [2.24, 2.45) is 12.8 Å². The molecule has 1 fully saturated rings. The molecule has 2 unspecified atom stereocenters. The predicted octanol–water partition coefficient (Wildman–Crippen LogP) is 1.82. The molecule has 0 aromatic carbocycles. The van der Waals surface area contributed by atoms with Gasteiger partial charge >= 0.3 is 0 Å². The zero-order valence-electron chi connectivity index (χ0n) is 10.4. The normalized spacial score (nSPS) is 22.7. The maximum absolute atomic E-state index is 6.21. The summed E-state index contributed by atoms with van der Waals surface area (Å²) >= 11 is 6.20. The molecule has 1 aromatic heterocycles. The summed E-state index contributed by atoms with van der Waals surface area (Å²) in [4.78, 5) is 0. The molecule has 2 heterocycles. The number of ether oxygens (including phenoxy) is 1. The van der Waals surface area contributed by atoms with Crippen LogP contribution in [0.15, 0.2) is 0 Å². The van der Waals surface area contributed by atoms with Gasteiger partial charge in [0.2, 0.25) is 0 Å². The third-order valence-corrected chi connectivity index (χ3v) is 3.87. The van der Waals surface area contributed by atoms with Crippen molar-refractivity contribution in [3.8, 4) is 0 Å². The van der Waals surface area contributed by atoms with Gasteiger partial charge in [0.05, 0.1) is 11.8 Å². The molecule has 0 radical (unpaired) electrons. The first kappa shape index (κ1) is 12.9. The minimum absolute atomic E-state index is 0.00991. The van der Waals surface area contributed by atoms with E-state index in [0.29, 0.717) is 5.15 Å². The number of hydrogen-bond acceptors (Lipinski definition) is 3. The van der Waals surface area contributed by atoms with Gasteiger partial charge < -0.3 is 10.5 Å². The van der Waals surface area contributed by atoms with Crippen LogP contribution in [-0.2, 0) is 18.2 Å². The lowest BCUT2D eigenvalue weighted by Crippen LogP contribution is -2.40. The van der Waals surface area contributed by atoms with E-state index in [2.05, 4.69) is 5.10 Å². The van der Waals surface area contributed by atoms with E-state index < -0.39 is 0 Å². The van der Waals surface area contributed by atoms with Crippen molar-refractivity contribution in [3.63, 3.8) is 0 Å². The summed E-state index contributed by atoms with van der Waals surface area (Å²) in [6, 6.07) is 0.00991. The molecule has 2 N–H and O–H groups in total. The number of aryl methyl sites for hydroxylation is 2. The summed E-state index contributed by atoms with van der Waals surface area (Å²) < 4.78 is 7.40. The Morgan fingerprint density at radius 1 is 1.59 bits per heavy atom. The number of halogens is 1. The highest BCUT2D eigenvalue weighted by atomic mass is 35.5. The van der Waals surface area contributed by atoms with E-state index in [0.717, 1.165) is 37.1 Å². The van der Waals surface area contributed by atoms with Crippen LogP contribution in [0.4, 0.5) is 0 Å². The highest BCUT2D eigenvalue weighted by Gasteiger charge is 2.24. The van der Waals surface area contributed by atoms with E-state index in [-0.39, 0.29) is 12.1 Å². The lowest BCUT2D eigenvalue weighted by Gasteiger charge is -2.27. The molecular weight excluding hydrogens is 238 g/mol. The Kier molecular flexibility index (Phi) is 4.07. The highest BCUT2D eigenvalue weighted by Crippen LogP contribution is 2.23. The van der Waals surface area contributed by atoms with Crippen LogP contribution in [0.3, 0.4) is 0 Å². The van der Waals surface area contributed by atoms with Crippen LogP contribution in [0.2, 0.25) is 5.15 Å². The molecule has 1 saturated heterocycles. The van der Waals surface area contributed by atoms with Crippen molar-refractivity contribution < 1.29 is 4.74 Å². The quantitative estimate of drug-likeness (QED) is 0.899. The Hall–Kier alpha value is -0.580. The molecule has 96 valence electrons. The summed E-state index contributed by atoms with van der Waals surface area (Å²) in [6.45, 7) is 2.80. The van der Waals surface area contributed by atoms with E-state index in [1.54, 1.807) is 4.68 Å². The maximum atomic E-state index is 6.21. The van der Waals surface area contributed by atoms with Gasteiger partial charge in [0.15, 0.2) is 0 Å². The average Bonchev–Trinajstić information content (AvgIpc) is 2.57. The van der Waals surface area contributed by atoms with Crippen molar-refractivity contribution in [2.45, 2.75) is 44.8 Å². The SMILES string of the molecule is Cc1nn(C)c(Cl)c1CC(N)C1CCCCO1. The van der Waals surface area contributed by atoms with E-state index in [9.17, 15) is 0 Å². The standard InChI is InChI=1S/C12H20ClN3O/c1-8-9(12(13)16(2)15-8)7-10(14)11-5-3-4-6-17-11/h10-11H,3-7,14H2,1-2H3. The molecule has 0 saturated carbocycles. The second kappa shape index (κ2) is 5.38. The summed E-state index contributed by atoms with van der Waals surface area (Å²) in [5, 5.41) is 4.99. The fourth-order valence-corrected chi connectivity index (χ4v) is 2.63. The first-order valence-electron chi connectivity index (χ1n) is 6.14. The van der Waals surface area contributed by atoms with Gasteiger partial charge in [-0.3, -0.25) is 4.68 Å². The zero-order chi connectivity index (χ0) is 12.4. The molecule has 1 aliphatic heterocycles. The summed E-state index contributed by atoms with van der Waals surface area (Å²) in [7, 11) is 1.85. The highest BCUT2D eigenvalue weighted by molar-refractivity contribution is 6.30. The number of nitrogens with zero attached hydrogens (tertiary/aromatic N) is 2. The topological polar surface area (TPSA) is 53.1 Å². The predicted molar refractivity (Wildman–Crippen MR) is 68.2 cm³/mol. The lowest BCUT2D eigenvalue weighted by molar-refractivity contribution is 0.000617. The Labute approximate surface area is 107 Å². The minimum Gasteiger partial charge on any atom is -0.377 e. The third kappa shape index (κ3) is 2.81. The molecule has 1 aromatic rings. The third-order valence-electron chi connectivity index (χ3n) is 3.40. The van der Waals surface area contributed by atoms with Crippen LogP contribution in [0.5, 0.6) is 0 Å². The van der Waals surface area contributed by atoms with Crippen LogP contribution < -0.4 is 5.73 Å². The smallest absolute Gasteiger partial charge is 0.130 e. The second-order valence-corrected chi connectivity index (χ2v) is 5.11. The summed E-state index contributed by atoms with van der Waals surface area (Å²) in [5.74, 6) is 0. The molecule has 0 amide bonds. The van der Waals surface area contributed by atoms with E-state index >= 15 is 0 Å². The van der Waals surface area contributed by atoms with Crippen molar-refractivity contribution in [1.82, 2.24) is 9.78 Å². The molecule has 5 heteroatoms. The van der Waals surface area contributed by atoms with Gasteiger partial charge in [-0.25, -0.2) is 0 Å². The second-order valence-electron chi connectivity index (χ2n) is 4.75. The van der Waals surface area contributed by atoms with Crippen LogP contribution in [0.25, 0.3) is 0 Å². The average molecular weight is 258 g/mol. The molecule has 2 atom stereocenters. The first-order valence-corrected chi connectivity index (χ1v) is 6.52. The fourth-order valence-electron chi connectivity index (χ4n) is 2.38. The molecule has 2 rings (SSSR count). The molecule has 0 spiro atoms. The zero-order valence-corrected chi connectivity index (χ0v) is 11.2. The van der Waals surface area contributed by atoms with Gasteiger partial charge in [0.1, 0.15) is 5.15 Å². The van der Waals surface area contributed by atoms with Crippen LogP contribution >= 0.6 is 11.6 Å².